The summed E-state index contributed by atoms with van der Waals surface area (Å²) < 4.78 is 3.42. The van der Waals surface area contributed by atoms with Crippen LogP contribution < -0.4 is 10.6 Å². The Bertz CT molecular complexity index is 716. The first-order valence-electron chi connectivity index (χ1n) is 8.72. The first kappa shape index (κ1) is 17.2. The molecule has 1 aliphatic rings. The number of nitrogens with one attached hydrogen (secondary N) is 2. The molecule has 1 saturated carbocycles. The highest BCUT2D eigenvalue weighted by atomic mass is 16.2. The van der Waals surface area contributed by atoms with E-state index >= 15 is 0 Å². The zero-order valence-corrected chi connectivity index (χ0v) is 14.4. The van der Waals surface area contributed by atoms with Crippen LogP contribution in [0.2, 0.25) is 0 Å². The van der Waals surface area contributed by atoms with Gasteiger partial charge in [0.05, 0.1) is 6.33 Å². The molecular formula is C17H24N6O2. The zero-order chi connectivity index (χ0) is 17.6. The van der Waals surface area contributed by atoms with Gasteiger partial charge < -0.3 is 15.2 Å². The smallest absolute Gasteiger partial charge is 0.271 e. The zero-order valence-electron chi connectivity index (χ0n) is 14.4. The highest BCUT2D eigenvalue weighted by Gasteiger charge is 2.22. The predicted octanol–water partition coefficient (Wildman–Crippen LogP) is 1.57. The Morgan fingerprint density at radius 2 is 2.08 bits per heavy atom. The molecule has 0 aromatic carbocycles. The number of hydrogen-bond donors (Lipinski definition) is 2. The van der Waals surface area contributed by atoms with E-state index in [1.165, 1.54) is 11.1 Å². The van der Waals surface area contributed by atoms with Crippen LogP contribution in [0.25, 0.3) is 0 Å². The van der Waals surface area contributed by atoms with E-state index in [9.17, 15) is 9.59 Å². The molecule has 0 aliphatic heterocycles. The maximum atomic E-state index is 12.3. The molecule has 8 heteroatoms. The third kappa shape index (κ3) is 4.46. The average molecular weight is 344 g/mol. The summed E-state index contributed by atoms with van der Waals surface area (Å²) in [6.45, 7) is 1.12. The van der Waals surface area contributed by atoms with Gasteiger partial charge in [0.15, 0.2) is 5.69 Å². The molecule has 0 saturated heterocycles. The van der Waals surface area contributed by atoms with Gasteiger partial charge in [-0.1, -0.05) is 19.3 Å². The Morgan fingerprint density at radius 3 is 2.80 bits per heavy atom. The lowest BCUT2D eigenvalue weighted by Gasteiger charge is -2.20. The summed E-state index contributed by atoms with van der Waals surface area (Å²) in [5, 5.41) is 9.92. The van der Waals surface area contributed by atoms with Crippen LogP contribution in [0.15, 0.2) is 24.8 Å². The number of carbonyl (C=O) groups excluding carboxylic acids is 2. The number of aromatic nitrogens is 4. The molecule has 1 fully saturated rings. The number of carbonyl (C=O) groups is 2. The predicted molar refractivity (Wildman–Crippen MR) is 93.0 cm³/mol. The standard InChI is InChI=1S/C17H24N6O2/c1-22-15(20-16(24)13-5-3-2-4-6-13)11-14(21-22)17(25)19-8-10-23-9-7-18-12-23/h7,9,11-13H,2-6,8,10H2,1H3,(H,19,25)(H,20,24). The van der Waals surface area contributed by atoms with E-state index in [-0.39, 0.29) is 17.7 Å². The average Bonchev–Trinajstić information content (AvgIpc) is 3.26. The van der Waals surface area contributed by atoms with Crippen molar-refractivity contribution in [1.29, 1.82) is 0 Å². The first-order chi connectivity index (χ1) is 12.1. The molecule has 2 amide bonds. The van der Waals surface area contributed by atoms with Gasteiger partial charge in [-0.25, -0.2) is 4.98 Å². The van der Waals surface area contributed by atoms with Gasteiger partial charge in [0.1, 0.15) is 5.82 Å². The van der Waals surface area contributed by atoms with Gasteiger partial charge >= 0.3 is 0 Å². The van der Waals surface area contributed by atoms with Crippen molar-refractivity contribution in [2.75, 3.05) is 11.9 Å². The van der Waals surface area contributed by atoms with Gasteiger partial charge in [0, 0.05) is 44.5 Å². The molecule has 0 spiro atoms. The Morgan fingerprint density at radius 1 is 1.28 bits per heavy atom. The molecule has 0 atom stereocenters. The molecule has 134 valence electrons. The number of rotatable bonds is 6. The minimum absolute atomic E-state index is 0.0229. The second-order valence-corrected chi connectivity index (χ2v) is 6.42. The topological polar surface area (TPSA) is 93.8 Å². The Kier molecular flexibility index (Phi) is 5.47. The van der Waals surface area contributed by atoms with Crippen molar-refractivity contribution in [2.24, 2.45) is 13.0 Å². The molecule has 0 unspecified atom stereocenters. The van der Waals surface area contributed by atoms with Crippen LogP contribution in [0.4, 0.5) is 5.82 Å². The highest BCUT2D eigenvalue weighted by Crippen LogP contribution is 2.25. The number of anilines is 1. The number of aryl methyl sites for hydroxylation is 1. The number of hydrogen-bond acceptors (Lipinski definition) is 4. The molecule has 2 heterocycles. The molecular weight excluding hydrogens is 320 g/mol. The molecule has 3 rings (SSSR count). The summed E-state index contributed by atoms with van der Waals surface area (Å²) >= 11 is 0. The van der Waals surface area contributed by atoms with E-state index in [1.807, 2.05) is 10.8 Å². The minimum Gasteiger partial charge on any atom is -0.349 e. The second-order valence-electron chi connectivity index (χ2n) is 6.42. The van der Waals surface area contributed by atoms with Crippen molar-refractivity contribution in [3.8, 4) is 0 Å². The molecule has 1 aliphatic carbocycles. The summed E-state index contributed by atoms with van der Waals surface area (Å²) in [6.07, 6.45) is 10.5. The van der Waals surface area contributed by atoms with E-state index in [1.54, 1.807) is 25.6 Å². The molecule has 0 bridgehead atoms. The third-order valence-electron chi connectivity index (χ3n) is 4.55. The molecule has 2 aromatic heterocycles. The molecule has 8 nitrogen and oxygen atoms in total. The molecule has 2 N–H and O–H groups in total. The lowest BCUT2D eigenvalue weighted by Crippen LogP contribution is -2.27. The van der Waals surface area contributed by atoms with E-state index in [0.29, 0.717) is 24.6 Å². The van der Waals surface area contributed by atoms with Gasteiger partial charge in [-0.15, -0.1) is 0 Å². The summed E-state index contributed by atoms with van der Waals surface area (Å²) in [4.78, 5) is 28.5. The lowest BCUT2D eigenvalue weighted by atomic mass is 9.89. The van der Waals surface area contributed by atoms with Crippen molar-refractivity contribution in [3.63, 3.8) is 0 Å². The van der Waals surface area contributed by atoms with Gasteiger partial charge in [0.25, 0.3) is 5.91 Å². The van der Waals surface area contributed by atoms with Crippen LogP contribution in [0.1, 0.15) is 42.6 Å². The molecule has 25 heavy (non-hydrogen) atoms. The van der Waals surface area contributed by atoms with Crippen molar-refractivity contribution < 1.29 is 9.59 Å². The van der Waals surface area contributed by atoms with Crippen molar-refractivity contribution in [1.82, 2.24) is 24.6 Å². The normalized spacial score (nSPS) is 15.1. The SMILES string of the molecule is Cn1nc(C(=O)NCCn2ccnc2)cc1NC(=O)C1CCCCC1. The third-order valence-corrected chi connectivity index (χ3v) is 4.55. The second kappa shape index (κ2) is 7.96. The molecule has 0 radical (unpaired) electrons. The first-order valence-corrected chi connectivity index (χ1v) is 8.72. The number of nitrogens with zero attached hydrogens (tertiary/aromatic N) is 4. The van der Waals surface area contributed by atoms with E-state index < -0.39 is 0 Å². The lowest BCUT2D eigenvalue weighted by molar-refractivity contribution is -0.120. The fourth-order valence-electron chi connectivity index (χ4n) is 3.10. The van der Waals surface area contributed by atoms with Crippen molar-refractivity contribution >= 4 is 17.6 Å². The summed E-state index contributed by atoms with van der Waals surface area (Å²) in [7, 11) is 1.72. The summed E-state index contributed by atoms with van der Waals surface area (Å²) in [5.74, 6) is 0.384. The Balaban J connectivity index is 1.53. The van der Waals surface area contributed by atoms with Crippen LogP contribution in [-0.2, 0) is 18.4 Å². The summed E-state index contributed by atoms with van der Waals surface area (Å²) in [6, 6.07) is 1.62. The van der Waals surface area contributed by atoms with E-state index in [0.717, 1.165) is 25.7 Å². The fraction of sp³-hybridized carbons (Fsp3) is 0.529. The minimum atomic E-state index is -0.256. The maximum Gasteiger partial charge on any atom is 0.271 e. The monoisotopic (exact) mass is 344 g/mol. The Hall–Kier alpha value is -2.64. The van der Waals surface area contributed by atoms with Crippen LogP contribution in [-0.4, -0.2) is 37.7 Å². The Labute approximate surface area is 146 Å². The quantitative estimate of drug-likeness (QED) is 0.832. The largest absolute Gasteiger partial charge is 0.349 e. The summed E-state index contributed by atoms with van der Waals surface area (Å²) in [5.41, 5.74) is 0.298. The molecule has 2 aromatic rings. The van der Waals surface area contributed by atoms with E-state index in [2.05, 4.69) is 20.7 Å². The van der Waals surface area contributed by atoms with Crippen LogP contribution in [0, 0.1) is 5.92 Å². The van der Waals surface area contributed by atoms with Gasteiger partial charge in [0.2, 0.25) is 5.91 Å². The van der Waals surface area contributed by atoms with E-state index in [4.69, 9.17) is 0 Å². The maximum absolute atomic E-state index is 12.3. The fourth-order valence-corrected chi connectivity index (χ4v) is 3.10. The van der Waals surface area contributed by atoms with Crippen molar-refractivity contribution in [3.05, 3.63) is 30.5 Å². The van der Waals surface area contributed by atoms with Crippen molar-refractivity contribution in [2.45, 2.75) is 38.6 Å². The van der Waals surface area contributed by atoms with Gasteiger partial charge in [-0.3, -0.25) is 14.3 Å². The number of amides is 2. The van der Waals surface area contributed by atoms with Gasteiger partial charge in [-0.05, 0) is 12.8 Å². The van der Waals surface area contributed by atoms with Crippen LogP contribution >= 0.6 is 0 Å². The number of imidazole rings is 1. The van der Waals surface area contributed by atoms with Crippen LogP contribution in [0.5, 0.6) is 0 Å². The van der Waals surface area contributed by atoms with Crippen LogP contribution in [0.3, 0.4) is 0 Å². The highest BCUT2D eigenvalue weighted by molar-refractivity contribution is 5.96. The van der Waals surface area contributed by atoms with Gasteiger partial charge in [-0.2, -0.15) is 5.10 Å².